The molecule has 3 nitrogen and oxygen atoms in total. The summed E-state index contributed by atoms with van der Waals surface area (Å²) in [5.41, 5.74) is 0.712. The molecule has 0 saturated carbocycles. The van der Waals surface area contributed by atoms with Gasteiger partial charge in [-0.3, -0.25) is 4.79 Å². The van der Waals surface area contributed by atoms with Gasteiger partial charge in [0, 0.05) is 24.8 Å². The van der Waals surface area contributed by atoms with E-state index in [4.69, 9.17) is 0 Å². The van der Waals surface area contributed by atoms with Crippen LogP contribution in [0.4, 0.5) is 0 Å². The highest BCUT2D eigenvalue weighted by atomic mass is 79.9. The van der Waals surface area contributed by atoms with Crippen LogP contribution in [-0.4, -0.2) is 28.9 Å². The van der Waals surface area contributed by atoms with Crippen LogP contribution < -0.4 is 0 Å². The summed E-state index contributed by atoms with van der Waals surface area (Å²) in [5, 5.41) is 0. The zero-order valence-electron chi connectivity index (χ0n) is 11.2. The minimum Gasteiger partial charge on any atom is -0.339 e. The van der Waals surface area contributed by atoms with Crippen molar-refractivity contribution >= 4 is 21.8 Å². The lowest BCUT2D eigenvalue weighted by atomic mass is 10.2. The molecule has 0 fully saturated rings. The maximum Gasteiger partial charge on any atom is 0.254 e. The smallest absolute Gasteiger partial charge is 0.254 e. The second-order valence-corrected chi connectivity index (χ2v) is 5.18. The van der Waals surface area contributed by atoms with Crippen molar-refractivity contribution in [2.24, 2.45) is 0 Å². The maximum absolute atomic E-state index is 12.4. The zero-order valence-corrected chi connectivity index (χ0v) is 12.7. The van der Waals surface area contributed by atoms with E-state index in [9.17, 15) is 4.79 Å². The molecule has 0 atom stereocenters. The third kappa shape index (κ3) is 4.77. The molecule has 0 aliphatic heterocycles. The number of carbonyl (C=O) groups is 1. The number of hydrogen-bond donors (Lipinski definition) is 0. The molecule has 1 amide bonds. The predicted molar refractivity (Wildman–Crippen MR) is 77.7 cm³/mol. The van der Waals surface area contributed by atoms with Gasteiger partial charge >= 0.3 is 0 Å². The highest BCUT2D eigenvalue weighted by Gasteiger charge is 2.14. The van der Waals surface area contributed by atoms with Gasteiger partial charge in [0.1, 0.15) is 4.60 Å². The molecule has 0 bridgehead atoms. The van der Waals surface area contributed by atoms with E-state index in [-0.39, 0.29) is 5.91 Å². The first kappa shape index (κ1) is 15.2. The molecule has 1 aromatic rings. The van der Waals surface area contributed by atoms with Crippen LogP contribution in [0, 0.1) is 0 Å². The third-order valence-corrected chi connectivity index (χ3v) is 3.26. The molecular weight excluding hydrogens is 292 g/mol. The van der Waals surface area contributed by atoms with E-state index in [0.29, 0.717) is 10.2 Å². The third-order valence-electron chi connectivity index (χ3n) is 2.82. The van der Waals surface area contributed by atoms with E-state index < -0.39 is 0 Å². The Kier molecular flexibility index (Phi) is 6.94. The van der Waals surface area contributed by atoms with Gasteiger partial charge in [-0.1, -0.05) is 26.7 Å². The predicted octanol–water partition coefficient (Wildman–Crippen LogP) is 3.89. The number of amides is 1. The van der Waals surface area contributed by atoms with Crippen LogP contribution in [0.5, 0.6) is 0 Å². The average Bonchev–Trinajstić information content (AvgIpc) is 2.38. The van der Waals surface area contributed by atoms with Gasteiger partial charge in [0.15, 0.2) is 0 Å². The highest BCUT2D eigenvalue weighted by molar-refractivity contribution is 9.10. The Bertz CT molecular complexity index is 374. The van der Waals surface area contributed by atoms with Crippen LogP contribution in [0.15, 0.2) is 22.9 Å². The summed E-state index contributed by atoms with van der Waals surface area (Å²) in [4.78, 5) is 18.4. The highest BCUT2D eigenvalue weighted by Crippen LogP contribution is 2.12. The van der Waals surface area contributed by atoms with Gasteiger partial charge in [-0.25, -0.2) is 4.98 Å². The van der Waals surface area contributed by atoms with Crippen molar-refractivity contribution in [3.63, 3.8) is 0 Å². The van der Waals surface area contributed by atoms with Gasteiger partial charge in [0.05, 0.1) is 0 Å². The molecule has 0 aliphatic carbocycles. The molecule has 18 heavy (non-hydrogen) atoms. The Labute approximate surface area is 118 Å². The van der Waals surface area contributed by atoms with Crippen LogP contribution in [0.25, 0.3) is 0 Å². The number of hydrogen-bond acceptors (Lipinski definition) is 2. The number of pyridine rings is 1. The van der Waals surface area contributed by atoms with Crippen molar-refractivity contribution in [2.75, 3.05) is 13.1 Å². The van der Waals surface area contributed by atoms with Gasteiger partial charge in [-0.15, -0.1) is 0 Å². The fraction of sp³-hybridized carbons (Fsp3) is 0.571. The molecule has 0 spiro atoms. The molecule has 0 unspecified atom stereocenters. The van der Waals surface area contributed by atoms with Crippen molar-refractivity contribution in [3.8, 4) is 0 Å². The van der Waals surface area contributed by atoms with Crippen molar-refractivity contribution < 1.29 is 4.79 Å². The van der Waals surface area contributed by atoms with Crippen LogP contribution in [-0.2, 0) is 0 Å². The van der Waals surface area contributed by atoms with Gasteiger partial charge < -0.3 is 4.90 Å². The molecule has 1 aromatic heterocycles. The quantitative estimate of drug-likeness (QED) is 0.716. The first-order valence-corrected chi connectivity index (χ1v) is 7.39. The van der Waals surface area contributed by atoms with E-state index >= 15 is 0 Å². The Hall–Kier alpha value is -0.900. The molecule has 1 heterocycles. The summed E-state index contributed by atoms with van der Waals surface area (Å²) in [6.45, 7) is 5.97. The molecule has 0 radical (unpaired) electrons. The second kappa shape index (κ2) is 8.25. The molecular formula is C14H21BrN2O. The van der Waals surface area contributed by atoms with E-state index in [0.717, 1.165) is 38.8 Å². The lowest BCUT2D eigenvalue weighted by Gasteiger charge is -2.22. The Balaban J connectivity index is 2.73. The van der Waals surface area contributed by atoms with Crippen molar-refractivity contribution in [3.05, 3.63) is 28.5 Å². The van der Waals surface area contributed by atoms with Gasteiger partial charge in [0.2, 0.25) is 0 Å². The van der Waals surface area contributed by atoms with Crippen molar-refractivity contribution in [1.29, 1.82) is 0 Å². The number of nitrogens with zero attached hydrogens (tertiary/aromatic N) is 2. The number of carbonyl (C=O) groups excluding carboxylic acids is 1. The summed E-state index contributed by atoms with van der Waals surface area (Å²) in [5.74, 6) is 0.111. The standard InChI is InChI=1S/C14H21BrN2O/c1-3-5-9-17(10-6-4-2)14(18)12-7-8-16-13(15)11-12/h7-8,11H,3-6,9-10H2,1-2H3. The van der Waals surface area contributed by atoms with E-state index in [1.807, 2.05) is 4.90 Å². The molecule has 0 N–H and O–H groups in total. The molecule has 0 aromatic carbocycles. The van der Waals surface area contributed by atoms with Crippen molar-refractivity contribution in [1.82, 2.24) is 9.88 Å². The lowest BCUT2D eigenvalue weighted by Crippen LogP contribution is -2.33. The summed E-state index contributed by atoms with van der Waals surface area (Å²) < 4.78 is 0.708. The minimum absolute atomic E-state index is 0.111. The Morgan fingerprint density at radius 2 is 1.89 bits per heavy atom. The first-order valence-electron chi connectivity index (χ1n) is 6.59. The van der Waals surface area contributed by atoms with Crippen molar-refractivity contribution in [2.45, 2.75) is 39.5 Å². The van der Waals surface area contributed by atoms with Crippen LogP contribution in [0.1, 0.15) is 49.9 Å². The second-order valence-electron chi connectivity index (χ2n) is 4.37. The summed E-state index contributed by atoms with van der Waals surface area (Å²) >= 11 is 3.30. The number of rotatable bonds is 7. The summed E-state index contributed by atoms with van der Waals surface area (Å²) in [6.07, 6.45) is 5.99. The molecule has 4 heteroatoms. The van der Waals surface area contributed by atoms with E-state index in [1.165, 1.54) is 0 Å². The van der Waals surface area contributed by atoms with Gasteiger partial charge in [-0.05, 0) is 40.9 Å². The maximum atomic E-state index is 12.4. The summed E-state index contributed by atoms with van der Waals surface area (Å²) in [6, 6.07) is 3.56. The Morgan fingerprint density at radius 1 is 1.28 bits per heavy atom. The molecule has 1 rings (SSSR count). The number of aromatic nitrogens is 1. The SMILES string of the molecule is CCCCN(CCCC)C(=O)c1ccnc(Br)c1. The zero-order chi connectivity index (χ0) is 13.4. The monoisotopic (exact) mass is 312 g/mol. The normalized spacial score (nSPS) is 10.4. The fourth-order valence-electron chi connectivity index (χ4n) is 1.73. The average molecular weight is 313 g/mol. The van der Waals surface area contributed by atoms with Crippen LogP contribution >= 0.6 is 15.9 Å². The van der Waals surface area contributed by atoms with Crippen LogP contribution in [0.2, 0.25) is 0 Å². The topological polar surface area (TPSA) is 33.2 Å². The van der Waals surface area contributed by atoms with Gasteiger partial charge in [0.25, 0.3) is 5.91 Å². The Morgan fingerprint density at radius 3 is 2.39 bits per heavy atom. The van der Waals surface area contributed by atoms with E-state index in [2.05, 4.69) is 34.8 Å². The minimum atomic E-state index is 0.111. The van der Waals surface area contributed by atoms with E-state index in [1.54, 1.807) is 18.3 Å². The van der Waals surface area contributed by atoms with Gasteiger partial charge in [-0.2, -0.15) is 0 Å². The molecule has 100 valence electrons. The fourth-order valence-corrected chi connectivity index (χ4v) is 2.10. The summed E-state index contributed by atoms with van der Waals surface area (Å²) in [7, 11) is 0. The number of unbranched alkanes of at least 4 members (excludes halogenated alkanes) is 2. The molecule has 0 saturated heterocycles. The molecule has 0 aliphatic rings. The number of halogens is 1. The van der Waals surface area contributed by atoms with Crippen LogP contribution in [0.3, 0.4) is 0 Å². The first-order chi connectivity index (χ1) is 8.69. The lowest BCUT2D eigenvalue weighted by molar-refractivity contribution is 0.0751. The largest absolute Gasteiger partial charge is 0.339 e.